The van der Waals surface area contributed by atoms with Gasteiger partial charge in [-0.25, -0.2) is 0 Å². The zero-order chi connectivity index (χ0) is 55.2. The predicted octanol–water partition coefficient (Wildman–Crippen LogP) is 13.1. The highest BCUT2D eigenvalue weighted by molar-refractivity contribution is 8.04. The molecule has 0 N–H and O–H groups in total. The van der Waals surface area contributed by atoms with Gasteiger partial charge in [0, 0.05) is 0 Å². The molecule has 0 aliphatic carbocycles. The van der Waals surface area contributed by atoms with Crippen LogP contribution in [0.15, 0.2) is 114 Å². The molecule has 0 unspecified atom stereocenters. The normalized spacial score (nSPS) is 8.72. The second-order valence-corrected chi connectivity index (χ2v) is 36.2. The second kappa shape index (κ2) is 63.0. The van der Waals surface area contributed by atoms with Crippen molar-refractivity contribution in [3.63, 3.8) is 0 Å². The van der Waals surface area contributed by atoms with Crippen molar-refractivity contribution in [2.45, 2.75) is 28.2 Å². The van der Waals surface area contributed by atoms with Gasteiger partial charge in [-0.05, 0) is 50.0 Å². The highest BCUT2D eigenvalue weighted by Gasteiger charge is 2.05. The summed E-state index contributed by atoms with van der Waals surface area (Å²) >= 11 is 43.4. The van der Waals surface area contributed by atoms with Gasteiger partial charge in [0.15, 0.2) is 0 Å². The second-order valence-electron chi connectivity index (χ2n) is 8.79. The molecule has 0 aromatic carbocycles. The van der Waals surface area contributed by atoms with Crippen LogP contribution < -0.4 is 40.2 Å². The Morgan fingerprint density at radius 1 is 0.264 bits per heavy atom. The largest absolute Gasteiger partial charge is 0.867 e. The van der Waals surface area contributed by atoms with Gasteiger partial charge in [-0.2, -0.15) is 0 Å². The zero-order valence-corrected chi connectivity index (χ0v) is 57.7. The van der Waals surface area contributed by atoms with Crippen LogP contribution in [0.3, 0.4) is 0 Å². The molecule has 8 rings (SSSR count). The van der Waals surface area contributed by atoms with Gasteiger partial charge in [-0.1, -0.05) is 94.1 Å². The predicted molar refractivity (Wildman–Crippen MR) is 335 cm³/mol. The van der Waals surface area contributed by atoms with E-state index in [1.807, 2.05) is 94.1 Å². The molecule has 8 aromatic heterocycles. The van der Waals surface area contributed by atoms with E-state index in [1.54, 1.807) is 181 Å². The fraction of sp³-hybridized carbons (Fsp3) is 0.250. The third-order valence-electron chi connectivity index (χ3n) is 4.41. The van der Waals surface area contributed by atoms with Crippen LogP contribution in [0.2, 0.25) is 0 Å². The van der Waals surface area contributed by atoms with Gasteiger partial charge < -0.3 is 57.5 Å². The van der Waals surface area contributed by atoms with Crippen LogP contribution in [0.25, 0.3) is 0 Å². The third-order valence-corrected chi connectivity index (χ3v) is 33.1. The molecule has 72 heavy (non-hydrogen) atoms. The van der Waals surface area contributed by atoms with Crippen LogP contribution in [0.5, 0.6) is 0 Å². The summed E-state index contributed by atoms with van der Waals surface area (Å²) in [6.07, 6.45) is 16.8. The van der Waals surface area contributed by atoms with E-state index in [-0.39, 0.29) is 0 Å². The summed E-state index contributed by atoms with van der Waals surface area (Å²) in [6, 6.07) is 0. The Hall–Kier alpha value is 2.86. The first kappa shape index (κ1) is 81.3. The van der Waals surface area contributed by atoms with E-state index in [1.165, 1.54) is 28.2 Å². The Kier molecular flexibility index (Phi) is 71.2. The van der Waals surface area contributed by atoms with Gasteiger partial charge in [0.05, 0.1) is 181 Å². The minimum absolute atomic E-state index is 1.43. The van der Waals surface area contributed by atoms with E-state index in [9.17, 15) is 17.3 Å². The van der Waals surface area contributed by atoms with Crippen molar-refractivity contribution in [1.29, 1.82) is 0 Å². The van der Waals surface area contributed by atoms with E-state index < -0.39 is 29.6 Å². The zero-order valence-electron chi connectivity index (χ0n) is 38.1. The lowest BCUT2D eigenvalue weighted by molar-refractivity contribution is -0.368. The summed E-state index contributed by atoms with van der Waals surface area (Å²) in [5.41, 5.74) is 0. The summed E-state index contributed by atoms with van der Waals surface area (Å²) in [6.45, 7) is 0. The van der Waals surface area contributed by atoms with Gasteiger partial charge in [-0.15, -0.1) is 0 Å². The fourth-order valence-corrected chi connectivity index (χ4v) is 20.9. The maximum Gasteiger partial charge on any atom is 0.311 e. The molecule has 400 valence electrons. The Bertz CT molecular complexity index is 1630. The standard InChI is InChI=1S/8C4H5S3.4BFO2/c8*1-5-4-6-2-3-7-4;4*2-1(3)4/h8*2-3H,1H3;;;;/q8*+1;4*-2. The molecule has 0 aliphatic rings. The van der Waals surface area contributed by atoms with Gasteiger partial charge in [0.1, 0.15) is 116 Å². The number of halogens is 4. The number of hydrogen-bond donors (Lipinski definition) is 0. The topological polar surface area (TPSA) is 184 Å². The quantitative estimate of drug-likeness (QED) is 0.0605. The molecule has 0 spiro atoms. The van der Waals surface area contributed by atoms with E-state index in [0.29, 0.717) is 0 Å². The van der Waals surface area contributed by atoms with Crippen molar-refractivity contribution >= 4 is 305 Å². The summed E-state index contributed by atoms with van der Waals surface area (Å²) in [7, 11) is -12.7. The molecule has 8 aromatic rings. The minimum atomic E-state index is -3.17. The molecule has 0 atom stereocenters. The SMILES string of the molecule is CSc1scc[s+]1.CSc1scc[s+]1.CSc1scc[s+]1.CSc1scc[s+]1.CSc1scc[s+]1.CSc1scc[s+]1.CSc1scc[s+]1.CSc1scc[s+]1.[O-]B([O-])F.[O-]B([O-])F.[O-]B([O-])F.[O-]B([O-])F. The summed E-state index contributed by atoms with van der Waals surface area (Å²) in [5, 5.41) is 100. The Balaban J connectivity index is -0.000000353. The highest BCUT2D eigenvalue weighted by atomic mass is 32.3. The molecule has 8 nitrogen and oxygen atoms in total. The van der Waals surface area contributed by atoms with Crippen LogP contribution in [0.4, 0.5) is 17.3 Å². The van der Waals surface area contributed by atoms with E-state index in [0.717, 1.165) is 0 Å². The molecule has 0 bridgehead atoms. The van der Waals surface area contributed by atoms with Gasteiger partial charge in [0.25, 0.3) is 0 Å². The third kappa shape index (κ3) is 67.1. The Morgan fingerprint density at radius 3 is 0.375 bits per heavy atom. The molecule has 0 fully saturated rings. The van der Waals surface area contributed by atoms with Crippen molar-refractivity contribution in [3.05, 3.63) is 86.1 Å². The molecule has 0 saturated heterocycles. The van der Waals surface area contributed by atoms with Crippen LogP contribution in [0.1, 0.15) is 0 Å². The Labute approximate surface area is 519 Å². The lowest BCUT2D eigenvalue weighted by atomic mass is 10.3. The smallest absolute Gasteiger partial charge is 0.311 e. The van der Waals surface area contributed by atoms with Crippen molar-refractivity contribution in [2.75, 3.05) is 50.0 Å². The maximum absolute atomic E-state index is 9.89. The lowest BCUT2D eigenvalue weighted by Crippen LogP contribution is -2.39. The van der Waals surface area contributed by atoms with E-state index in [2.05, 4.69) is 136 Å². The molecule has 40 heteroatoms. The average Bonchev–Trinajstić information content (AvgIpc) is 4.23. The monoisotopic (exact) mass is 1440 g/mol. The van der Waals surface area contributed by atoms with Crippen molar-refractivity contribution < 1.29 is 57.5 Å². The summed E-state index contributed by atoms with van der Waals surface area (Å²) in [5.74, 6) is 0. The van der Waals surface area contributed by atoms with Crippen LogP contribution >= 0.6 is 275 Å². The van der Waals surface area contributed by atoms with Gasteiger partial charge in [0.2, 0.25) is 0 Å². The number of hydrogen-bond acceptors (Lipinski definition) is 24. The first-order chi connectivity index (χ1) is 34.4. The van der Waals surface area contributed by atoms with Crippen LogP contribution in [-0.2, 0) is 0 Å². The fourth-order valence-electron chi connectivity index (χ4n) is 2.33. The minimum Gasteiger partial charge on any atom is -0.867 e. The van der Waals surface area contributed by atoms with E-state index in [4.69, 9.17) is 40.2 Å². The van der Waals surface area contributed by atoms with Crippen LogP contribution in [-0.4, -0.2) is 79.6 Å². The first-order valence-corrected chi connectivity index (χ1v) is 41.2. The lowest BCUT2D eigenvalue weighted by Gasteiger charge is -2.09. The summed E-state index contributed by atoms with van der Waals surface area (Å²) in [4.78, 5) is 0. The molecule has 0 amide bonds. The molecular formula is C32H40B4F4O8S24. The van der Waals surface area contributed by atoms with Gasteiger partial charge >= 0.3 is 28.2 Å². The average molecular weight is 1440 g/mol. The molecule has 8 heterocycles. The molecule has 0 aliphatic heterocycles. The van der Waals surface area contributed by atoms with Crippen molar-refractivity contribution in [2.24, 2.45) is 0 Å². The number of thioether (sulfide) groups is 8. The van der Waals surface area contributed by atoms with Crippen LogP contribution in [0, 0.1) is 0 Å². The highest BCUT2D eigenvalue weighted by Crippen LogP contribution is 2.29. The molecule has 0 radical (unpaired) electrons. The maximum atomic E-state index is 9.89. The Morgan fingerprint density at radius 2 is 0.347 bits per heavy atom. The van der Waals surface area contributed by atoms with E-state index >= 15 is 0 Å². The molecular weight excluding hydrogens is 1400 g/mol. The first-order valence-electron chi connectivity index (χ1n) is 17.4. The summed E-state index contributed by atoms with van der Waals surface area (Å²) < 4.78 is 51.0. The van der Waals surface area contributed by atoms with Crippen molar-refractivity contribution in [3.8, 4) is 0 Å². The number of rotatable bonds is 8. The van der Waals surface area contributed by atoms with Crippen molar-refractivity contribution in [1.82, 2.24) is 0 Å². The van der Waals surface area contributed by atoms with Gasteiger partial charge in [-0.3, -0.25) is 0 Å². The molecule has 0 saturated carbocycles.